The molecule has 8 heteroatoms. The fraction of sp³-hybridized carbons (Fsp3) is 0.696. The molecule has 3 rings (SSSR count). The first-order valence-electron chi connectivity index (χ1n) is 11.4. The van der Waals surface area contributed by atoms with Gasteiger partial charge in [0.25, 0.3) is 23.6 Å². The van der Waals surface area contributed by atoms with Crippen LogP contribution in [0.2, 0.25) is 0 Å². The Morgan fingerprint density at radius 2 is 1.26 bits per heavy atom. The Bertz CT molecular complexity index is 561. The van der Waals surface area contributed by atoms with Crippen molar-refractivity contribution in [3.63, 3.8) is 0 Å². The normalized spacial score (nSPS) is 21.5. The minimum Gasteiger partial charge on any atom is -0.334 e. The topological polar surface area (TPSA) is 101 Å². The lowest BCUT2D eigenvalue weighted by molar-refractivity contribution is -0.188. The minimum atomic E-state index is -0.461. The molecule has 3 aliphatic rings. The number of nitrogens with zero attached hydrogens (tertiary/aromatic N) is 2. The van der Waals surface area contributed by atoms with E-state index in [1.54, 1.807) is 0 Å². The SMILES string of the molecule is CC.CC.CC.CC1CCC(CN2C(=O)C=CC2=O)CC1.O=CON1C(=O)CCC1=O. The summed E-state index contributed by atoms with van der Waals surface area (Å²) < 4.78 is 0. The second-order valence-electron chi connectivity index (χ2n) is 6.53. The van der Waals surface area contributed by atoms with Crippen molar-refractivity contribution in [2.24, 2.45) is 11.8 Å². The maximum Gasteiger partial charge on any atom is 0.321 e. The van der Waals surface area contributed by atoms with Crippen molar-refractivity contribution in [1.82, 2.24) is 9.96 Å². The fourth-order valence-electron chi connectivity index (χ4n) is 3.10. The summed E-state index contributed by atoms with van der Waals surface area (Å²) in [4.78, 5) is 59.0. The van der Waals surface area contributed by atoms with Crippen LogP contribution in [0, 0.1) is 11.8 Å². The maximum absolute atomic E-state index is 11.3. The highest BCUT2D eigenvalue weighted by Gasteiger charge is 2.30. The van der Waals surface area contributed by atoms with Crippen LogP contribution in [0.1, 0.15) is 87.0 Å². The lowest BCUT2D eigenvalue weighted by atomic mass is 9.83. The van der Waals surface area contributed by atoms with Crippen LogP contribution < -0.4 is 0 Å². The minimum absolute atomic E-state index is 0.0567. The van der Waals surface area contributed by atoms with Crippen LogP contribution in [-0.4, -0.2) is 46.6 Å². The largest absolute Gasteiger partial charge is 0.334 e. The van der Waals surface area contributed by atoms with Gasteiger partial charge in [0.15, 0.2) is 0 Å². The number of carbonyl (C=O) groups excluding carboxylic acids is 5. The van der Waals surface area contributed by atoms with Gasteiger partial charge in [-0.15, -0.1) is 5.06 Å². The van der Waals surface area contributed by atoms with E-state index in [4.69, 9.17) is 0 Å². The van der Waals surface area contributed by atoms with Gasteiger partial charge in [-0.3, -0.25) is 28.9 Å². The maximum atomic E-state index is 11.3. The molecule has 1 saturated carbocycles. The average molecular weight is 441 g/mol. The van der Waals surface area contributed by atoms with Crippen LogP contribution in [0.3, 0.4) is 0 Å². The van der Waals surface area contributed by atoms with Crippen molar-refractivity contribution in [3.05, 3.63) is 12.2 Å². The molecule has 8 nitrogen and oxygen atoms in total. The average Bonchev–Trinajstić information content (AvgIpc) is 3.30. The number of hydrogen-bond donors (Lipinski definition) is 0. The highest BCUT2D eigenvalue weighted by Crippen LogP contribution is 2.29. The predicted octanol–water partition coefficient (Wildman–Crippen LogP) is 4.04. The van der Waals surface area contributed by atoms with Crippen LogP contribution in [0.5, 0.6) is 0 Å². The van der Waals surface area contributed by atoms with Crippen LogP contribution in [0.25, 0.3) is 0 Å². The molecule has 1 saturated heterocycles. The first-order valence-corrected chi connectivity index (χ1v) is 11.4. The van der Waals surface area contributed by atoms with E-state index in [-0.39, 0.29) is 31.1 Å². The summed E-state index contributed by atoms with van der Waals surface area (Å²) in [6.07, 6.45) is 7.76. The van der Waals surface area contributed by atoms with Crippen molar-refractivity contribution in [3.8, 4) is 0 Å². The molecule has 0 unspecified atom stereocenters. The molecule has 2 heterocycles. The quantitative estimate of drug-likeness (QED) is 0.483. The van der Waals surface area contributed by atoms with E-state index in [0.29, 0.717) is 17.5 Å². The van der Waals surface area contributed by atoms with Crippen LogP contribution >= 0.6 is 0 Å². The third-order valence-corrected chi connectivity index (χ3v) is 4.63. The van der Waals surface area contributed by atoms with E-state index < -0.39 is 11.8 Å². The summed E-state index contributed by atoms with van der Waals surface area (Å²) in [5.74, 6) is 0.129. The Morgan fingerprint density at radius 1 is 0.839 bits per heavy atom. The van der Waals surface area contributed by atoms with Gasteiger partial charge in [0.1, 0.15) is 0 Å². The van der Waals surface area contributed by atoms with Crippen molar-refractivity contribution in [1.29, 1.82) is 0 Å². The Kier molecular flexibility index (Phi) is 18.1. The Morgan fingerprint density at radius 3 is 1.65 bits per heavy atom. The van der Waals surface area contributed by atoms with Crippen molar-refractivity contribution < 1.29 is 28.8 Å². The van der Waals surface area contributed by atoms with E-state index in [9.17, 15) is 24.0 Å². The van der Waals surface area contributed by atoms with E-state index in [0.717, 1.165) is 18.8 Å². The summed E-state index contributed by atoms with van der Waals surface area (Å²) in [5.41, 5.74) is 0. The molecule has 31 heavy (non-hydrogen) atoms. The molecular weight excluding hydrogens is 400 g/mol. The number of hydroxylamine groups is 2. The Labute approximate surface area is 186 Å². The first-order chi connectivity index (χ1) is 14.9. The van der Waals surface area contributed by atoms with Gasteiger partial charge in [-0.25, -0.2) is 0 Å². The van der Waals surface area contributed by atoms with Crippen LogP contribution in [0.4, 0.5) is 0 Å². The summed E-state index contributed by atoms with van der Waals surface area (Å²) >= 11 is 0. The zero-order valence-electron chi connectivity index (χ0n) is 20.2. The molecule has 4 amide bonds. The fourth-order valence-corrected chi connectivity index (χ4v) is 3.10. The number of carbonyl (C=O) groups is 5. The van der Waals surface area contributed by atoms with Gasteiger partial charge < -0.3 is 4.84 Å². The lowest BCUT2D eigenvalue weighted by Gasteiger charge is -2.28. The Balaban J connectivity index is 0. The van der Waals surface area contributed by atoms with Crippen LogP contribution in [-0.2, 0) is 28.8 Å². The van der Waals surface area contributed by atoms with Crippen molar-refractivity contribution in [2.45, 2.75) is 87.0 Å². The van der Waals surface area contributed by atoms with E-state index in [2.05, 4.69) is 11.8 Å². The molecule has 2 fully saturated rings. The number of rotatable bonds is 4. The Hall–Kier alpha value is -2.51. The zero-order chi connectivity index (χ0) is 24.4. The molecule has 1 aliphatic carbocycles. The summed E-state index contributed by atoms with van der Waals surface area (Å²) in [6, 6.07) is 0. The van der Waals surface area contributed by atoms with Gasteiger partial charge in [0.05, 0.1) is 0 Å². The van der Waals surface area contributed by atoms with Crippen molar-refractivity contribution >= 4 is 30.1 Å². The third-order valence-electron chi connectivity index (χ3n) is 4.63. The smallest absolute Gasteiger partial charge is 0.321 e. The molecule has 2 aliphatic heterocycles. The zero-order valence-corrected chi connectivity index (χ0v) is 20.2. The van der Waals surface area contributed by atoms with Gasteiger partial charge >= 0.3 is 6.47 Å². The third kappa shape index (κ3) is 10.9. The predicted molar refractivity (Wildman–Crippen MR) is 119 cm³/mol. The van der Waals surface area contributed by atoms with E-state index >= 15 is 0 Å². The molecule has 0 aromatic rings. The molecule has 0 aromatic carbocycles. The highest BCUT2D eigenvalue weighted by molar-refractivity contribution is 6.12. The van der Waals surface area contributed by atoms with Gasteiger partial charge in [-0.2, -0.15) is 0 Å². The highest BCUT2D eigenvalue weighted by atomic mass is 16.7. The molecule has 0 spiro atoms. The monoisotopic (exact) mass is 440 g/mol. The molecule has 0 aromatic heterocycles. The number of hydrogen-bond acceptors (Lipinski definition) is 6. The molecule has 0 bridgehead atoms. The number of imide groups is 2. The molecule has 0 atom stereocenters. The van der Waals surface area contributed by atoms with E-state index in [1.165, 1.54) is 29.9 Å². The van der Waals surface area contributed by atoms with Gasteiger partial charge in [-0.05, 0) is 24.7 Å². The van der Waals surface area contributed by atoms with E-state index in [1.807, 2.05) is 41.5 Å². The molecule has 0 radical (unpaired) electrons. The first kappa shape index (κ1) is 30.7. The van der Waals surface area contributed by atoms with Gasteiger partial charge in [0.2, 0.25) is 0 Å². The number of amides is 4. The molecule has 178 valence electrons. The second kappa shape index (κ2) is 18.3. The second-order valence-corrected chi connectivity index (χ2v) is 6.53. The standard InChI is InChI=1S/C12H17NO2.C5H5NO4.3C2H6/c1-9-2-4-10(5-3-9)8-13-11(14)6-7-12(13)15;7-3-10-6-4(8)1-2-5(6)9;3*1-2/h6-7,9-10H,2-5,8H2,1H3;3H,1-2H2;3*1-2H3. The van der Waals surface area contributed by atoms with Gasteiger partial charge in [0, 0.05) is 31.5 Å². The molecular formula is C23H40N2O6. The van der Waals surface area contributed by atoms with Crippen LogP contribution in [0.15, 0.2) is 12.2 Å². The van der Waals surface area contributed by atoms with Crippen molar-refractivity contribution in [2.75, 3.05) is 6.54 Å². The lowest BCUT2D eigenvalue weighted by Crippen LogP contribution is -2.35. The van der Waals surface area contributed by atoms with Gasteiger partial charge in [-0.1, -0.05) is 61.3 Å². The summed E-state index contributed by atoms with van der Waals surface area (Å²) in [5, 5.41) is 0.479. The summed E-state index contributed by atoms with van der Waals surface area (Å²) in [7, 11) is 0. The summed E-state index contributed by atoms with van der Waals surface area (Å²) in [6.45, 7) is 14.9. The molecule has 0 N–H and O–H groups in total.